The first kappa shape index (κ1) is 11.2. The molecule has 0 amide bonds. The summed E-state index contributed by atoms with van der Waals surface area (Å²) in [5.74, 6) is 1.25. The van der Waals surface area contributed by atoms with E-state index < -0.39 is 0 Å². The molecule has 0 radical (unpaired) electrons. The number of aromatic nitrogens is 5. The van der Waals surface area contributed by atoms with Crippen molar-refractivity contribution in [3.63, 3.8) is 0 Å². The Morgan fingerprint density at radius 2 is 2.10 bits per heavy atom. The first-order valence-corrected chi connectivity index (χ1v) is 6.40. The van der Waals surface area contributed by atoms with Crippen LogP contribution in [-0.2, 0) is 0 Å². The predicted octanol–water partition coefficient (Wildman–Crippen LogP) is 1.93. The summed E-state index contributed by atoms with van der Waals surface area (Å²) in [4.78, 5) is 12.4. The fourth-order valence-corrected chi connectivity index (χ4v) is 2.12. The monoisotopic (exact) mass is 268 g/mol. The number of fused-ring (bicyclic) bond motifs is 1. The molecule has 20 heavy (non-hydrogen) atoms. The fraction of sp³-hybridized carbons (Fsp3) is 0.231. The van der Waals surface area contributed by atoms with Gasteiger partial charge < -0.3 is 10.5 Å². The smallest absolute Gasteiger partial charge is 0.253 e. The standard InChI is InChI=1S/C13H12N6O/c14-11-10-12(17-7-16-11)19(8-4-5-8)18-13(10)20-9-3-1-2-6-15-9/h1-3,6-8H,4-5H2,(H2,14,16,17). The Balaban J connectivity index is 1.86. The maximum absolute atomic E-state index is 5.94. The fourth-order valence-electron chi connectivity index (χ4n) is 2.12. The van der Waals surface area contributed by atoms with E-state index in [0.717, 1.165) is 12.8 Å². The minimum atomic E-state index is 0.368. The van der Waals surface area contributed by atoms with Crippen LogP contribution >= 0.6 is 0 Å². The maximum atomic E-state index is 5.94. The molecule has 2 N–H and O–H groups in total. The number of hydrogen-bond acceptors (Lipinski definition) is 6. The summed E-state index contributed by atoms with van der Waals surface area (Å²) in [5.41, 5.74) is 6.65. The van der Waals surface area contributed by atoms with Crippen LogP contribution in [0.4, 0.5) is 5.82 Å². The number of nitrogens with zero attached hydrogens (tertiary/aromatic N) is 5. The second kappa shape index (κ2) is 4.16. The highest BCUT2D eigenvalue weighted by atomic mass is 16.5. The molecular formula is C13H12N6O. The summed E-state index contributed by atoms with van der Waals surface area (Å²) < 4.78 is 7.59. The lowest BCUT2D eigenvalue weighted by Crippen LogP contribution is -1.98. The van der Waals surface area contributed by atoms with Crippen molar-refractivity contribution in [3.05, 3.63) is 30.7 Å². The van der Waals surface area contributed by atoms with Gasteiger partial charge in [-0.25, -0.2) is 19.6 Å². The van der Waals surface area contributed by atoms with Gasteiger partial charge in [-0.15, -0.1) is 5.10 Å². The van der Waals surface area contributed by atoms with Crippen LogP contribution in [0.5, 0.6) is 11.8 Å². The van der Waals surface area contributed by atoms with Crippen LogP contribution in [-0.4, -0.2) is 24.7 Å². The highest BCUT2D eigenvalue weighted by Crippen LogP contribution is 2.40. The van der Waals surface area contributed by atoms with E-state index in [0.29, 0.717) is 34.7 Å². The molecule has 0 saturated heterocycles. The Bertz CT molecular complexity index is 765. The number of hydrogen-bond donors (Lipinski definition) is 1. The third-order valence-electron chi connectivity index (χ3n) is 3.22. The van der Waals surface area contributed by atoms with E-state index in [1.165, 1.54) is 6.33 Å². The molecule has 0 unspecified atom stereocenters. The third-order valence-corrected chi connectivity index (χ3v) is 3.22. The van der Waals surface area contributed by atoms with Crippen LogP contribution in [0, 0.1) is 0 Å². The zero-order valence-corrected chi connectivity index (χ0v) is 10.6. The molecule has 0 bridgehead atoms. The molecule has 7 heteroatoms. The summed E-state index contributed by atoms with van der Waals surface area (Å²) in [6.45, 7) is 0. The van der Waals surface area contributed by atoms with Gasteiger partial charge in [-0.2, -0.15) is 0 Å². The first-order valence-electron chi connectivity index (χ1n) is 6.40. The SMILES string of the molecule is Nc1ncnc2c1c(Oc1ccccn1)nn2C1CC1. The van der Waals surface area contributed by atoms with Gasteiger partial charge in [0.05, 0.1) is 6.04 Å². The quantitative estimate of drug-likeness (QED) is 0.780. The Morgan fingerprint density at radius 3 is 2.85 bits per heavy atom. The Labute approximate surface area is 114 Å². The van der Waals surface area contributed by atoms with Crippen LogP contribution in [0.15, 0.2) is 30.7 Å². The number of anilines is 1. The lowest BCUT2D eigenvalue weighted by Gasteiger charge is -2.01. The molecule has 0 aromatic carbocycles. The van der Waals surface area contributed by atoms with Crippen molar-refractivity contribution in [1.82, 2.24) is 24.7 Å². The van der Waals surface area contributed by atoms with E-state index >= 15 is 0 Å². The number of ether oxygens (including phenoxy) is 1. The molecule has 3 heterocycles. The second-order valence-electron chi connectivity index (χ2n) is 4.71. The molecule has 1 saturated carbocycles. The molecular weight excluding hydrogens is 256 g/mol. The third kappa shape index (κ3) is 1.75. The normalized spacial score (nSPS) is 14.6. The van der Waals surface area contributed by atoms with E-state index in [-0.39, 0.29) is 0 Å². The minimum absolute atomic E-state index is 0.368. The summed E-state index contributed by atoms with van der Waals surface area (Å²) in [5, 5.41) is 5.12. The Morgan fingerprint density at radius 1 is 1.20 bits per heavy atom. The van der Waals surface area contributed by atoms with E-state index in [2.05, 4.69) is 20.1 Å². The molecule has 100 valence electrons. The largest absolute Gasteiger partial charge is 0.418 e. The molecule has 4 rings (SSSR count). The van der Waals surface area contributed by atoms with Gasteiger partial charge in [-0.3, -0.25) is 0 Å². The number of pyridine rings is 1. The molecule has 0 aliphatic heterocycles. The minimum Gasteiger partial charge on any atom is -0.418 e. The average molecular weight is 268 g/mol. The van der Waals surface area contributed by atoms with Crippen molar-refractivity contribution >= 4 is 16.9 Å². The van der Waals surface area contributed by atoms with Crippen molar-refractivity contribution in [2.24, 2.45) is 0 Å². The van der Waals surface area contributed by atoms with E-state index in [9.17, 15) is 0 Å². The molecule has 1 fully saturated rings. The van der Waals surface area contributed by atoms with Crippen LogP contribution in [0.1, 0.15) is 18.9 Å². The van der Waals surface area contributed by atoms with E-state index in [1.807, 2.05) is 16.8 Å². The molecule has 3 aromatic heterocycles. The van der Waals surface area contributed by atoms with Gasteiger partial charge in [0.2, 0.25) is 5.88 Å². The van der Waals surface area contributed by atoms with E-state index in [4.69, 9.17) is 10.5 Å². The maximum Gasteiger partial charge on any atom is 0.253 e. The average Bonchev–Trinajstić information content (AvgIpc) is 3.24. The molecule has 1 aliphatic rings. The van der Waals surface area contributed by atoms with Crippen molar-refractivity contribution in [3.8, 4) is 11.8 Å². The highest BCUT2D eigenvalue weighted by molar-refractivity contribution is 5.90. The summed E-state index contributed by atoms with van der Waals surface area (Å²) >= 11 is 0. The predicted molar refractivity (Wildman–Crippen MR) is 72.3 cm³/mol. The number of rotatable bonds is 3. The topological polar surface area (TPSA) is 91.7 Å². The van der Waals surface area contributed by atoms with Crippen molar-refractivity contribution in [2.75, 3.05) is 5.73 Å². The summed E-state index contributed by atoms with van der Waals surface area (Å²) in [6, 6.07) is 5.82. The Kier molecular flexibility index (Phi) is 2.32. The van der Waals surface area contributed by atoms with Crippen LogP contribution in [0.2, 0.25) is 0 Å². The molecule has 1 aliphatic carbocycles. The van der Waals surface area contributed by atoms with Gasteiger partial charge in [0.25, 0.3) is 5.88 Å². The molecule has 3 aromatic rings. The van der Waals surface area contributed by atoms with Crippen molar-refractivity contribution < 1.29 is 4.74 Å². The zero-order valence-electron chi connectivity index (χ0n) is 10.6. The van der Waals surface area contributed by atoms with Crippen molar-refractivity contribution in [1.29, 1.82) is 0 Å². The number of nitrogens with two attached hydrogens (primary N) is 1. The van der Waals surface area contributed by atoms with Gasteiger partial charge in [0.15, 0.2) is 5.65 Å². The lowest BCUT2D eigenvalue weighted by atomic mass is 10.4. The molecule has 0 atom stereocenters. The lowest BCUT2D eigenvalue weighted by molar-refractivity contribution is 0.436. The van der Waals surface area contributed by atoms with Crippen LogP contribution in [0.25, 0.3) is 11.0 Å². The first-order chi connectivity index (χ1) is 9.83. The molecule has 0 spiro atoms. The zero-order chi connectivity index (χ0) is 13.5. The van der Waals surface area contributed by atoms with Gasteiger partial charge in [0.1, 0.15) is 17.5 Å². The van der Waals surface area contributed by atoms with Crippen molar-refractivity contribution in [2.45, 2.75) is 18.9 Å². The molecule has 7 nitrogen and oxygen atoms in total. The summed E-state index contributed by atoms with van der Waals surface area (Å²) in [6.07, 6.45) is 5.31. The number of nitrogen functional groups attached to an aromatic ring is 1. The van der Waals surface area contributed by atoms with Gasteiger partial charge in [0, 0.05) is 12.3 Å². The summed E-state index contributed by atoms with van der Waals surface area (Å²) in [7, 11) is 0. The van der Waals surface area contributed by atoms with E-state index in [1.54, 1.807) is 12.3 Å². The highest BCUT2D eigenvalue weighted by Gasteiger charge is 2.29. The van der Waals surface area contributed by atoms with Gasteiger partial charge >= 0.3 is 0 Å². The second-order valence-corrected chi connectivity index (χ2v) is 4.71. The van der Waals surface area contributed by atoms with Gasteiger partial charge in [-0.1, -0.05) is 6.07 Å². The van der Waals surface area contributed by atoms with Gasteiger partial charge in [-0.05, 0) is 18.9 Å². The van der Waals surface area contributed by atoms with Crippen LogP contribution in [0.3, 0.4) is 0 Å². The van der Waals surface area contributed by atoms with Crippen LogP contribution < -0.4 is 10.5 Å². The Hall–Kier alpha value is -2.70.